The number of para-hydroxylation sites is 2. The van der Waals surface area contributed by atoms with Gasteiger partial charge in [0.15, 0.2) is 11.7 Å². The smallest absolute Gasteiger partial charge is 0.266 e. The summed E-state index contributed by atoms with van der Waals surface area (Å²) >= 11 is 7.73. The number of carbonyl (C=O) groups is 1. The Labute approximate surface area is 172 Å². The molecule has 0 saturated carbocycles. The molecule has 5 nitrogen and oxygen atoms in total. The number of hydrogen-bond acceptors (Lipinski definition) is 5. The van der Waals surface area contributed by atoms with E-state index in [1.807, 2.05) is 43.3 Å². The molecule has 3 aromatic rings. The van der Waals surface area contributed by atoms with Crippen LogP contribution in [0.25, 0.3) is 10.2 Å². The first-order valence-electron chi connectivity index (χ1n) is 9.27. The largest absolute Gasteiger partial charge is 0.483 e. The fraction of sp³-hybridized carbons (Fsp3) is 0.333. The summed E-state index contributed by atoms with van der Waals surface area (Å²) in [4.78, 5) is 19.4. The normalized spacial score (nSPS) is 16.4. The zero-order valence-corrected chi connectivity index (χ0v) is 17.1. The summed E-state index contributed by atoms with van der Waals surface area (Å²) in [5.74, 6) is 0.564. The Morgan fingerprint density at radius 3 is 2.93 bits per heavy atom. The minimum Gasteiger partial charge on any atom is -0.483 e. The molecule has 0 N–H and O–H groups in total. The third-order valence-corrected chi connectivity index (χ3v) is 6.09. The van der Waals surface area contributed by atoms with Crippen LogP contribution in [-0.4, -0.2) is 36.8 Å². The maximum Gasteiger partial charge on any atom is 0.266 e. The molecular weight excluding hydrogens is 396 g/mol. The minimum atomic E-state index is -0.145. The quantitative estimate of drug-likeness (QED) is 0.576. The van der Waals surface area contributed by atoms with Crippen LogP contribution in [0.1, 0.15) is 18.4 Å². The number of fused-ring (bicyclic) bond motifs is 1. The first-order valence-corrected chi connectivity index (χ1v) is 10.5. The van der Waals surface area contributed by atoms with Crippen LogP contribution in [-0.2, 0) is 9.53 Å². The van der Waals surface area contributed by atoms with E-state index in [-0.39, 0.29) is 18.6 Å². The highest BCUT2D eigenvalue weighted by molar-refractivity contribution is 7.22. The highest BCUT2D eigenvalue weighted by atomic mass is 35.5. The summed E-state index contributed by atoms with van der Waals surface area (Å²) in [6.45, 7) is 3.10. The van der Waals surface area contributed by atoms with Crippen molar-refractivity contribution >= 4 is 44.2 Å². The molecule has 1 aliphatic rings. The van der Waals surface area contributed by atoms with Gasteiger partial charge in [0.05, 0.1) is 22.4 Å². The molecular formula is C21H21ClN2O3S. The number of rotatable bonds is 6. The predicted molar refractivity (Wildman–Crippen MR) is 113 cm³/mol. The van der Waals surface area contributed by atoms with Crippen LogP contribution in [0.5, 0.6) is 5.75 Å². The van der Waals surface area contributed by atoms with E-state index in [2.05, 4.69) is 4.98 Å². The van der Waals surface area contributed by atoms with Crippen LogP contribution in [0.2, 0.25) is 5.02 Å². The summed E-state index contributed by atoms with van der Waals surface area (Å²) in [7, 11) is 0. The molecule has 1 unspecified atom stereocenters. The van der Waals surface area contributed by atoms with Gasteiger partial charge in [-0.3, -0.25) is 9.69 Å². The van der Waals surface area contributed by atoms with Crippen molar-refractivity contribution in [3.05, 3.63) is 53.1 Å². The zero-order valence-electron chi connectivity index (χ0n) is 15.6. The zero-order chi connectivity index (χ0) is 19.5. The molecule has 7 heteroatoms. The third kappa shape index (κ3) is 4.14. The van der Waals surface area contributed by atoms with Crippen molar-refractivity contribution in [3.63, 3.8) is 0 Å². The number of halogens is 1. The number of anilines is 1. The van der Waals surface area contributed by atoms with Crippen molar-refractivity contribution in [1.82, 2.24) is 4.98 Å². The number of benzene rings is 2. The lowest BCUT2D eigenvalue weighted by Gasteiger charge is -2.23. The maximum atomic E-state index is 13.1. The molecule has 0 bridgehead atoms. The molecule has 0 spiro atoms. The third-order valence-electron chi connectivity index (χ3n) is 4.75. The molecule has 2 aromatic carbocycles. The van der Waals surface area contributed by atoms with Crippen molar-refractivity contribution in [1.29, 1.82) is 0 Å². The molecule has 1 aliphatic heterocycles. The van der Waals surface area contributed by atoms with Gasteiger partial charge >= 0.3 is 0 Å². The Hall–Kier alpha value is -2.15. The van der Waals surface area contributed by atoms with Gasteiger partial charge in [-0.05, 0) is 43.5 Å². The standard InChI is InChI=1S/C21H21ClN2O3S/c1-14-6-2-3-9-17(14)27-13-19(25)24(12-15-7-5-11-26-15)21-23-20-16(22)8-4-10-18(20)28-21/h2-4,6,8-10,15H,5,7,11-13H2,1H3. The van der Waals surface area contributed by atoms with E-state index >= 15 is 0 Å². The molecule has 1 fully saturated rings. The van der Waals surface area contributed by atoms with Gasteiger partial charge < -0.3 is 9.47 Å². The fourth-order valence-corrected chi connectivity index (χ4v) is 4.52. The number of nitrogens with zero attached hydrogens (tertiary/aromatic N) is 2. The highest BCUT2D eigenvalue weighted by Crippen LogP contribution is 2.33. The summed E-state index contributed by atoms with van der Waals surface area (Å²) in [5, 5.41) is 1.21. The summed E-state index contributed by atoms with van der Waals surface area (Å²) in [6, 6.07) is 13.3. The molecule has 28 heavy (non-hydrogen) atoms. The fourth-order valence-electron chi connectivity index (χ4n) is 3.23. The SMILES string of the molecule is Cc1ccccc1OCC(=O)N(CC1CCCO1)c1nc2c(Cl)cccc2s1. The van der Waals surface area contributed by atoms with Crippen LogP contribution in [0, 0.1) is 6.92 Å². The van der Waals surface area contributed by atoms with Crippen LogP contribution in [0.4, 0.5) is 5.13 Å². The average molecular weight is 417 g/mol. The topological polar surface area (TPSA) is 51.7 Å². The van der Waals surface area contributed by atoms with E-state index in [0.29, 0.717) is 28.0 Å². The van der Waals surface area contributed by atoms with Crippen molar-refractivity contribution in [2.24, 2.45) is 0 Å². The maximum absolute atomic E-state index is 13.1. The van der Waals surface area contributed by atoms with Gasteiger partial charge in [-0.15, -0.1) is 0 Å². The Bertz CT molecular complexity index is 985. The molecule has 0 radical (unpaired) electrons. The van der Waals surface area contributed by atoms with Crippen LogP contribution < -0.4 is 9.64 Å². The molecule has 4 rings (SSSR count). The molecule has 2 heterocycles. The molecule has 1 aromatic heterocycles. The average Bonchev–Trinajstić information content (AvgIpc) is 3.35. The minimum absolute atomic E-state index is 0.0184. The predicted octanol–water partition coefficient (Wildman–Crippen LogP) is 4.85. The van der Waals surface area contributed by atoms with Gasteiger partial charge in [-0.25, -0.2) is 4.98 Å². The Balaban J connectivity index is 1.57. The van der Waals surface area contributed by atoms with Gasteiger partial charge in [0.1, 0.15) is 11.3 Å². The van der Waals surface area contributed by atoms with Gasteiger partial charge in [0, 0.05) is 6.61 Å². The van der Waals surface area contributed by atoms with Crippen molar-refractivity contribution in [2.45, 2.75) is 25.9 Å². The van der Waals surface area contributed by atoms with Gasteiger partial charge in [0.2, 0.25) is 0 Å². The summed E-state index contributed by atoms with van der Waals surface area (Å²) in [5.41, 5.74) is 1.71. The Morgan fingerprint density at radius 2 is 2.18 bits per heavy atom. The van der Waals surface area contributed by atoms with Crippen molar-refractivity contribution < 1.29 is 14.3 Å². The Kier molecular flexibility index (Phi) is 5.80. The lowest BCUT2D eigenvalue weighted by molar-refractivity contribution is -0.120. The summed E-state index contributed by atoms with van der Waals surface area (Å²) in [6.07, 6.45) is 1.97. The van der Waals surface area contributed by atoms with Gasteiger partial charge in [0.25, 0.3) is 5.91 Å². The summed E-state index contributed by atoms with van der Waals surface area (Å²) < 4.78 is 12.5. The van der Waals surface area contributed by atoms with E-state index in [4.69, 9.17) is 21.1 Å². The Morgan fingerprint density at radius 1 is 1.32 bits per heavy atom. The van der Waals surface area contributed by atoms with Crippen LogP contribution in [0.3, 0.4) is 0 Å². The lowest BCUT2D eigenvalue weighted by Crippen LogP contribution is -2.40. The van der Waals surface area contributed by atoms with Gasteiger partial charge in [-0.2, -0.15) is 0 Å². The first-order chi connectivity index (χ1) is 13.6. The number of amides is 1. The number of carbonyl (C=O) groups excluding carboxylic acids is 1. The van der Waals surface area contributed by atoms with E-state index in [1.165, 1.54) is 11.3 Å². The molecule has 0 aliphatic carbocycles. The second kappa shape index (κ2) is 8.47. The van der Waals surface area contributed by atoms with E-state index in [0.717, 1.165) is 29.7 Å². The van der Waals surface area contributed by atoms with E-state index in [1.54, 1.807) is 11.0 Å². The molecule has 146 valence electrons. The van der Waals surface area contributed by atoms with Crippen LogP contribution >= 0.6 is 22.9 Å². The second-order valence-corrected chi connectivity index (χ2v) is 8.19. The molecule has 1 amide bonds. The van der Waals surface area contributed by atoms with Crippen molar-refractivity contribution in [3.8, 4) is 5.75 Å². The first kappa shape index (κ1) is 19.2. The number of thiazole rings is 1. The number of aryl methyl sites for hydroxylation is 1. The van der Waals surface area contributed by atoms with E-state index < -0.39 is 0 Å². The number of hydrogen-bond donors (Lipinski definition) is 0. The number of ether oxygens (including phenoxy) is 2. The van der Waals surface area contributed by atoms with Crippen molar-refractivity contribution in [2.75, 3.05) is 24.7 Å². The second-order valence-electron chi connectivity index (χ2n) is 6.78. The highest BCUT2D eigenvalue weighted by Gasteiger charge is 2.27. The van der Waals surface area contributed by atoms with Gasteiger partial charge in [-0.1, -0.05) is 47.2 Å². The molecule has 1 atom stereocenters. The van der Waals surface area contributed by atoms with Crippen LogP contribution in [0.15, 0.2) is 42.5 Å². The van der Waals surface area contributed by atoms with E-state index in [9.17, 15) is 4.79 Å². The lowest BCUT2D eigenvalue weighted by atomic mass is 10.2. The monoisotopic (exact) mass is 416 g/mol. The number of aromatic nitrogens is 1. The molecule has 1 saturated heterocycles.